The molecule has 2 heterocycles. The van der Waals surface area contributed by atoms with Crippen LogP contribution in [0.2, 0.25) is 5.02 Å². The molecule has 0 spiro atoms. The fourth-order valence-corrected chi connectivity index (χ4v) is 4.31. The van der Waals surface area contributed by atoms with Gasteiger partial charge in [-0.2, -0.15) is 0 Å². The Morgan fingerprint density at radius 3 is 2.21 bits per heavy atom. The van der Waals surface area contributed by atoms with E-state index in [1.807, 2.05) is 12.1 Å². The number of rotatable bonds is 8. The van der Waals surface area contributed by atoms with Crippen molar-refractivity contribution in [3.63, 3.8) is 0 Å². The number of methoxy groups -OCH3 is 1. The van der Waals surface area contributed by atoms with Crippen molar-refractivity contribution in [1.82, 2.24) is 9.80 Å². The Morgan fingerprint density at radius 1 is 0.939 bits per heavy atom. The van der Waals surface area contributed by atoms with Gasteiger partial charge >= 0.3 is 0 Å². The minimum Gasteiger partial charge on any atom is -0.383 e. The molecule has 2 aliphatic heterocycles. The monoisotopic (exact) mass is 468 g/mol. The van der Waals surface area contributed by atoms with Crippen LogP contribution in [0.15, 0.2) is 54.2 Å². The van der Waals surface area contributed by atoms with E-state index in [0.717, 1.165) is 44.1 Å². The molecular formula is C25H29ClN4O3. The molecule has 0 aromatic heterocycles. The van der Waals surface area contributed by atoms with Crippen molar-refractivity contribution >= 4 is 40.4 Å². The molecule has 1 fully saturated rings. The number of amides is 2. The minimum absolute atomic E-state index is 0.194. The number of piperazine rings is 1. The van der Waals surface area contributed by atoms with Crippen molar-refractivity contribution in [2.24, 2.45) is 0 Å². The van der Waals surface area contributed by atoms with Gasteiger partial charge in [-0.1, -0.05) is 30.7 Å². The Bertz CT molecular complexity index is 1030. The highest BCUT2D eigenvalue weighted by Crippen LogP contribution is 2.31. The topological polar surface area (TPSA) is 65.1 Å². The summed E-state index contributed by atoms with van der Waals surface area (Å²) in [5.41, 5.74) is 3.15. The molecule has 1 N–H and O–H groups in total. The molecule has 2 amide bonds. The summed E-state index contributed by atoms with van der Waals surface area (Å²) in [6, 6.07) is 14.9. The minimum atomic E-state index is -0.359. The van der Waals surface area contributed by atoms with Crippen LogP contribution in [0.1, 0.15) is 12.5 Å². The van der Waals surface area contributed by atoms with Crippen LogP contribution in [-0.4, -0.2) is 74.6 Å². The summed E-state index contributed by atoms with van der Waals surface area (Å²) in [7, 11) is 1.54. The number of hydrogen-bond donors (Lipinski definition) is 1. The largest absolute Gasteiger partial charge is 0.383 e. The van der Waals surface area contributed by atoms with Crippen molar-refractivity contribution in [2.45, 2.75) is 6.92 Å². The Kier molecular flexibility index (Phi) is 7.33. The van der Waals surface area contributed by atoms with E-state index in [9.17, 15) is 9.59 Å². The van der Waals surface area contributed by atoms with Gasteiger partial charge in [-0.15, -0.1) is 0 Å². The van der Waals surface area contributed by atoms with E-state index >= 15 is 0 Å². The molecule has 8 heteroatoms. The van der Waals surface area contributed by atoms with Crippen LogP contribution in [0.5, 0.6) is 0 Å². The lowest BCUT2D eigenvalue weighted by atomic mass is 10.0. The van der Waals surface area contributed by atoms with Crippen LogP contribution >= 0.6 is 11.6 Å². The van der Waals surface area contributed by atoms with Crippen molar-refractivity contribution in [2.75, 3.05) is 63.2 Å². The lowest BCUT2D eigenvalue weighted by Gasteiger charge is -2.35. The molecular weight excluding hydrogens is 440 g/mol. The molecule has 2 aliphatic rings. The molecule has 7 nitrogen and oxygen atoms in total. The maximum Gasteiger partial charge on any atom is 0.278 e. The highest BCUT2D eigenvalue weighted by molar-refractivity contribution is 6.36. The first-order chi connectivity index (χ1) is 16.0. The number of carbonyl (C=O) groups is 2. The van der Waals surface area contributed by atoms with E-state index in [1.165, 1.54) is 4.90 Å². The van der Waals surface area contributed by atoms with Crippen LogP contribution in [0.4, 0.5) is 11.4 Å². The van der Waals surface area contributed by atoms with E-state index in [1.54, 1.807) is 31.4 Å². The number of carbonyl (C=O) groups excluding carboxylic acids is 2. The number of imide groups is 1. The molecule has 0 saturated carbocycles. The van der Waals surface area contributed by atoms with Gasteiger partial charge in [0.2, 0.25) is 0 Å². The van der Waals surface area contributed by atoms with Crippen LogP contribution in [0.25, 0.3) is 5.57 Å². The number of benzene rings is 2. The standard InChI is InChI=1S/C25H29ClN4O3/c1-3-28-12-14-29(15-13-28)21-10-8-20(9-11-21)27-23-22(18-4-6-19(26)7-5-18)24(31)30(25(23)32)16-17-33-2/h4-11,27H,3,12-17H2,1-2H3. The highest BCUT2D eigenvalue weighted by atomic mass is 35.5. The Balaban J connectivity index is 1.57. The summed E-state index contributed by atoms with van der Waals surface area (Å²) >= 11 is 6.02. The Labute approximate surface area is 199 Å². The first-order valence-corrected chi connectivity index (χ1v) is 11.6. The van der Waals surface area contributed by atoms with Gasteiger partial charge < -0.3 is 19.9 Å². The second kappa shape index (κ2) is 10.4. The first kappa shape index (κ1) is 23.3. The fourth-order valence-electron chi connectivity index (χ4n) is 4.18. The van der Waals surface area contributed by atoms with E-state index in [2.05, 4.69) is 34.2 Å². The highest BCUT2D eigenvalue weighted by Gasteiger charge is 2.39. The summed E-state index contributed by atoms with van der Waals surface area (Å²) in [6.45, 7) is 7.84. The zero-order valence-electron chi connectivity index (χ0n) is 19.0. The van der Waals surface area contributed by atoms with Crippen LogP contribution in [0, 0.1) is 0 Å². The third kappa shape index (κ3) is 5.05. The van der Waals surface area contributed by atoms with Crippen LogP contribution in [-0.2, 0) is 14.3 Å². The van der Waals surface area contributed by atoms with Gasteiger partial charge in [0.05, 0.1) is 18.7 Å². The van der Waals surface area contributed by atoms with E-state index in [0.29, 0.717) is 16.2 Å². The quantitative estimate of drug-likeness (QED) is 0.599. The molecule has 0 aliphatic carbocycles. The zero-order chi connectivity index (χ0) is 23.4. The smallest absolute Gasteiger partial charge is 0.278 e. The Morgan fingerprint density at radius 2 is 1.61 bits per heavy atom. The lowest BCUT2D eigenvalue weighted by molar-refractivity contribution is -0.137. The van der Waals surface area contributed by atoms with Gasteiger partial charge in [-0.3, -0.25) is 14.5 Å². The van der Waals surface area contributed by atoms with E-state index < -0.39 is 0 Å². The summed E-state index contributed by atoms with van der Waals surface area (Å²) in [6.07, 6.45) is 0. The molecule has 1 saturated heterocycles. The average Bonchev–Trinajstić information content (AvgIpc) is 3.07. The fraction of sp³-hybridized carbons (Fsp3) is 0.360. The molecule has 2 aromatic rings. The molecule has 0 bridgehead atoms. The van der Waals surface area contributed by atoms with Gasteiger partial charge in [0.25, 0.3) is 11.8 Å². The average molecular weight is 469 g/mol. The lowest BCUT2D eigenvalue weighted by Crippen LogP contribution is -2.46. The van der Waals surface area contributed by atoms with Gasteiger partial charge in [0.1, 0.15) is 5.70 Å². The maximum absolute atomic E-state index is 13.1. The molecule has 33 heavy (non-hydrogen) atoms. The van der Waals surface area contributed by atoms with Crippen molar-refractivity contribution < 1.29 is 14.3 Å². The summed E-state index contributed by atoms with van der Waals surface area (Å²) < 4.78 is 5.09. The van der Waals surface area contributed by atoms with Gasteiger partial charge in [-0.25, -0.2) is 0 Å². The first-order valence-electron chi connectivity index (χ1n) is 11.2. The summed E-state index contributed by atoms with van der Waals surface area (Å²) in [5, 5.41) is 3.77. The number of likely N-dealkylation sites (N-methyl/N-ethyl adjacent to an activating group) is 1. The van der Waals surface area contributed by atoms with Gasteiger partial charge in [-0.05, 0) is 48.5 Å². The second-order valence-electron chi connectivity index (χ2n) is 8.10. The number of halogens is 1. The molecule has 2 aromatic carbocycles. The molecule has 0 radical (unpaired) electrons. The normalized spacial score (nSPS) is 17.3. The maximum atomic E-state index is 13.1. The van der Waals surface area contributed by atoms with Crippen LogP contribution in [0.3, 0.4) is 0 Å². The number of hydrogen-bond acceptors (Lipinski definition) is 6. The van der Waals surface area contributed by atoms with Gasteiger partial charge in [0.15, 0.2) is 0 Å². The van der Waals surface area contributed by atoms with Crippen molar-refractivity contribution in [3.8, 4) is 0 Å². The van der Waals surface area contributed by atoms with Gasteiger partial charge in [0, 0.05) is 49.7 Å². The summed E-state index contributed by atoms with van der Waals surface area (Å²) in [5.74, 6) is -0.700. The Hall–Kier alpha value is -2.87. The second-order valence-corrected chi connectivity index (χ2v) is 8.54. The summed E-state index contributed by atoms with van der Waals surface area (Å²) in [4.78, 5) is 32.3. The predicted octanol–water partition coefficient (Wildman–Crippen LogP) is 3.32. The number of anilines is 2. The molecule has 0 atom stereocenters. The van der Waals surface area contributed by atoms with E-state index in [4.69, 9.17) is 16.3 Å². The predicted molar refractivity (Wildman–Crippen MR) is 131 cm³/mol. The molecule has 174 valence electrons. The third-order valence-electron chi connectivity index (χ3n) is 6.14. The SMILES string of the molecule is CCN1CCN(c2ccc(NC3=C(c4ccc(Cl)cc4)C(=O)N(CCOC)C3=O)cc2)CC1. The van der Waals surface area contributed by atoms with Crippen LogP contribution < -0.4 is 10.2 Å². The number of nitrogens with zero attached hydrogens (tertiary/aromatic N) is 3. The van der Waals surface area contributed by atoms with E-state index in [-0.39, 0.29) is 30.7 Å². The molecule has 0 unspecified atom stereocenters. The zero-order valence-corrected chi connectivity index (χ0v) is 19.8. The third-order valence-corrected chi connectivity index (χ3v) is 6.39. The number of ether oxygens (including phenoxy) is 1. The van der Waals surface area contributed by atoms with Crippen molar-refractivity contribution in [3.05, 3.63) is 64.8 Å². The number of nitrogens with one attached hydrogen (secondary N) is 1. The molecule has 4 rings (SSSR count). The van der Waals surface area contributed by atoms with Crippen molar-refractivity contribution in [1.29, 1.82) is 0 Å².